The molecule has 0 aliphatic rings. The average molecular weight is 389 g/mol. The first kappa shape index (κ1) is 18.2. The van der Waals surface area contributed by atoms with Crippen molar-refractivity contribution in [3.05, 3.63) is 93.2 Å². The zero-order chi connectivity index (χ0) is 18.4. The minimum Gasteiger partial charge on any atom is -0.415 e. The fourth-order valence-electron chi connectivity index (χ4n) is 2.37. The van der Waals surface area contributed by atoms with Crippen LogP contribution in [-0.4, -0.2) is 11.5 Å². The molecule has 3 aromatic rings. The molecule has 0 spiro atoms. The zero-order valence-electron chi connectivity index (χ0n) is 13.6. The van der Waals surface area contributed by atoms with Gasteiger partial charge in [-0.15, -0.1) is 11.3 Å². The summed E-state index contributed by atoms with van der Waals surface area (Å²) in [6.45, 7) is -0.558. The first-order valence-electron chi connectivity index (χ1n) is 7.81. The molecule has 1 atom stereocenters. The van der Waals surface area contributed by atoms with Crippen LogP contribution in [0, 0.1) is 10.1 Å². The second-order valence-electron chi connectivity index (χ2n) is 5.40. The van der Waals surface area contributed by atoms with Gasteiger partial charge in [0.25, 0.3) is 0 Å². The molecule has 0 aliphatic carbocycles. The van der Waals surface area contributed by atoms with Crippen LogP contribution < -0.4 is 9.05 Å². The zero-order valence-corrected chi connectivity index (χ0v) is 15.3. The van der Waals surface area contributed by atoms with E-state index < -0.39 is 24.7 Å². The molecule has 6 nitrogen and oxygen atoms in total. The van der Waals surface area contributed by atoms with E-state index in [4.69, 9.17) is 9.05 Å². The summed E-state index contributed by atoms with van der Waals surface area (Å²) in [6, 6.07) is 20.5. The van der Waals surface area contributed by atoms with Gasteiger partial charge in [0.15, 0.2) is 5.66 Å². The lowest BCUT2D eigenvalue weighted by atomic mass is 10.3. The lowest BCUT2D eigenvalue weighted by molar-refractivity contribution is -0.480. The molecule has 0 amide bonds. The largest absolute Gasteiger partial charge is 0.445 e. The summed E-state index contributed by atoms with van der Waals surface area (Å²) < 4.78 is 25.2. The Morgan fingerprint density at radius 1 is 0.923 bits per heavy atom. The summed E-state index contributed by atoms with van der Waals surface area (Å²) in [4.78, 5) is 11.3. The van der Waals surface area contributed by atoms with Gasteiger partial charge < -0.3 is 9.05 Å². The second kappa shape index (κ2) is 8.17. The Hall–Kier alpha value is -2.63. The highest BCUT2D eigenvalue weighted by atomic mass is 32.1. The van der Waals surface area contributed by atoms with Crippen LogP contribution in [0.2, 0.25) is 0 Å². The SMILES string of the molecule is O=[N+]([O-])C[C@H](c1cccs1)P(=O)(Oc1ccccc1)Oc1ccccc1. The van der Waals surface area contributed by atoms with E-state index >= 15 is 0 Å². The topological polar surface area (TPSA) is 78.7 Å². The molecule has 0 radical (unpaired) electrons. The maximum Gasteiger partial charge on any atom is 0.445 e. The number of rotatable bonds is 8. The summed E-state index contributed by atoms with van der Waals surface area (Å²) in [7, 11) is -3.95. The van der Waals surface area contributed by atoms with Gasteiger partial charge in [-0.2, -0.15) is 0 Å². The van der Waals surface area contributed by atoms with Crippen molar-refractivity contribution in [1.29, 1.82) is 0 Å². The number of hydrogen-bond donors (Lipinski definition) is 0. The molecular formula is C18H16NO5PS. The Morgan fingerprint density at radius 3 is 1.88 bits per heavy atom. The van der Waals surface area contributed by atoms with Gasteiger partial charge in [-0.25, -0.2) is 4.57 Å². The summed E-state index contributed by atoms with van der Waals surface area (Å²) in [5.74, 6) is 0.660. The molecule has 134 valence electrons. The Morgan fingerprint density at radius 2 is 1.46 bits per heavy atom. The van der Waals surface area contributed by atoms with E-state index in [2.05, 4.69) is 0 Å². The number of nitro groups is 1. The fraction of sp³-hybridized carbons (Fsp3) is 0.111. The number of para-hydroxylation sites is 2. The number of benzene rings is 2. The minimum atomic E-state index is -3.95. The van der Waals surface area contributed by atoms with Crippen molar-refractivity contribution >= 4 is 18.9 Å². The summed E-state index contributed by atoms with van der Waals surface area (Å²) in [6.07, 6.45) is 0. The van der Waals surface area contributed by atoms with Crippen molar-refractivity contribution in [2.24, 2.45) is 0 Å². The third-order valence-electron chi connectivity index (χ3n) is 3.53. The Kier molecular flexibility index (Phi) is 5.71. The maximum atomic E-state index is 13.7. The predicted molar refractivity (Wildman–Crippen MR) is 101 cm³/mol. The van der Waals surface area contributed by atoms with E-state index in [1.54, 1.807) is 78.2 Å². The van der Waals surface area contributed by atoms with Gasteiger partial charge in [-0.3, -0.25) is 10.1 Å². The second-order valence-corrected chi connectivity index (χ2v) is 8.44. The van der Waals surface area contributed by atoms with E-state index in [1.165, 1.54) is 11.3 Å². The van der Waals surface area contributed by atoms with Gasteiger partial charge in [-0.1, -0.05) is 42.5 Å². The maximum absolute atomic E-state index is 13.7. The van der Waals surface area contributed by atoms with Crippen molar-refractivity contribution in [2.45, 2.75) is 5.66 Å². The Labute approximate surface area is 154 Å². The minimum absolute atomic E-state index is 0.330. The molecule has 0 saturated carbocycles. The smallest absolute Gasteiger partial charge is 0.415 e. The van der Waals surface area contributed by atoms with Crippen molar-refractivity contribution in [3.63, 3.8) is 0 Å². The standard InChI is InChI=1S/C18H16NO5PS/c20-19(21)14-17(18-12-7-13-26-18)25(22,23-15-8-3-1-4-9-15)24-16-10-5-2-6-11-16/h1-13,17H,14H2/t17-/m1/s1. The number of hydrogen-bond acceptors (Lipinski definition) is 6. The molecule has 1 aromatic heterocycles. The van der Waals surface area contributed by atoms with Crippen molar-refractivity contribution in [2.75, 3.05) is 6.54 Å². The normalized spacial score (nSPS) is 12.3. The Bertz CT molecular complexity index is 841. The molecular weight excluding hydrogens is 373 g/mol. The van der Waals surface area contributed by atoms with Gasteiger partial charge in [0.1, 0.15) is 11.5 Å². The van der Waals surface area contributed by atoms with E-state index in [-0.39, 0.29) is 0 Å². The highest BCUT2D eigenvalue weighted by Crippen LogP contribution is 2.60. The van der Waals surface area contributed by atoms with Gasteiger partial charge in [0, 0.05) is 9.80 Å². The van der Waals surface area contributed by atoms with Crippen LogP contribution in [0.15, 0.2) is 78.2 Å². The quantitative estimate of drug-likeness (QED) is 0.292. The molecule has 0 fully saturated rings. The molecule has 0 saturated heterocycles. The van der Waals surface area contributed by atoms with Crippen molar-refractivity contribution in [3.8, 4) is 11.5 Å². The van der Waals surface area contributed by atoms with E-state index in [0.717, 1.165) is 0 Å². The first-order valence-corrected chi connectivity index (χ1v) is 10.3. The first-order chi connectivity index (χ1) is 12.6. The highest BCUT2D eigenvalue weighted by molar-refractivity contribution is 7.55. The predicted octanol–water partition coefficient (Wildman–Crippen LogP) is 5.42. The monoisotopic (exact) mass is 389 g/mol. The molecule has 26 heavy (non-hydrogen) atoms. The van der Waals surface area contributed by atoms with E-state index in [1.807, 2.05) is 0 Å². The molecule has 1 heterocycles. The van der Waals surface area contributed by atoms with E-state index in [0.29, 0.717) is 16.4 Å². The number of nitrogens with zero attached hydrogens (tertiary/aromatic N) is 1. The molecule has 2 aromatic carbocycles. The fourth-order valence-corrected chi connectivity index (χ4v) is 5.50. The summed E-state index contributed by atoms with van der Waals surface area (Å²) in [5, 5.41) is 13.0. The average Bonchev–Trinajstić information content (AvgIpc) is 3.15. The van der Waals surface area contributed by atoms with Crippen LogP contribution in [0.25, 0.3) is 0 Å². The molecule has 8 heteroatoms. The molecule has 0 aliphatic heterocycles. The van der Waals surface area contributed by atoms with Gasteiger partial charge in [-0.05, 0) is 35.7 Å². The van der Waals surface area contributed by atoms with Crippen molar-refractivity contribution in [1.82, 2.24) is 0 Å². The van der Waals surface area contributed by atoms with Gasteiger partial charge in [0.2, 0.25) is 6.54 Å². The van der Waals surface area contributed by atoms with Crippen LogP contribution in [-0.2, 0) is 4.57 Å². The van der Waals surface area contributed by atoms with Crippen LogP contribution in [0.5, 0.6) is 11.5 Å². The highest BCUT2D eigenvalue weighted by Gasteiger charge is 2.44. The van der Waals surface area contributed by atoms with Crippen LogP contribution >= 0.6 is 18.9 Å². The van der Waals surface area contributed by atoms with E-state index in [9.17, 15) is 14.7 Å². The van der Waals surface area contributed by atoms with Crippen LogP contribution in [0.4, 0.5) is 0 Å². The lowest BCUT2D eigenvalue weighted by Crippen LogP contribution is -2.18. The van der Waals surface area contributed by atoms with Crippen molar-refractivity contribution < 1.29 is 18.5 Å². The van der Waals surface area contributed by atoms with Gasteiger partial charge in [0.05, 0.1) is 0 Å². The number of thiophene rings is 1. The third kappa shape index (κ3) is 4.50. The lowest BCUT2D eigenvalue weighted by Gasteiger charge is -2.24. The Balaban J connectivity index is 2.02. The van der Waals surface area contributed by atoms with Gasteiger partial charge >= 0.3 is 7.60 Å². The van der Waals surface area contributed by atoms with Crippen LogP contribution in [0.3, 0.4) is 0 Å². The molecule has 0 unspecified atom stereocenters. The summed E-state index contributed by atoms with van der Waals surface area (Å²) in [5.41, 5.74) is -1.02. The molecule has 0 N–H and O–H groups in total. The molecule has 3 rings (SSSR count). The van der Waals surface area contributed by atoms with Crippen LogP contribution in [0.1, 0.15) is 10.5 Å². The summed E-state index contributed by atoms with van der Waals surface area (Å²) >= 11 is 1.28. The third-order valence-corrected chi connectivity index (χ3v) is 6.82. The molecule has 0 bridgehead atoms.